The topological polar surface area (TPSA) is 249 Å². The maximum Gasteiger partial charge on any atom is 1.00 e. The molecule has 1 N–H and O–H groups in total. The van der Waals surface area contributed by atoms with E-state index in [0.717, 1.165) is 18.2 Å². The summed E-state index contributed by atoms with van der Waals surface area (Å²) in [6.45, 7) is 0. The Balaban J connectivity index is 0.00000324. The van der Waals surface area contributed by atoms with Crippen LogP contribution in [0, 0.1) is 0 Å². The van der Waals surface area contributed by atoms with E-state index < -0.39 is 87.3 Å². The summed E-state index contributed by atoms with van der Waals surface area (Å²) in [5.41, 5.74) is 0. The van der Waals surface area contributed by atoms with Crippen molar-refractivity contribution in [2.45, 2.75) is 19.6 Å². The van der Waals surface area contributed by atoms with Crippen molar-refractivity contribution in [1.29, 1.82) is 0 Å². The molecule has 176 valence electrons. The fourth-order valence-corrected chi connectivity index (χ4v) is 8.27. The van der Waals surface area contributed by atoms with Gasteiger partial charge in [0.2, 0.25) is 0 Å². The largest absolute Gasteiger partial charge is 1.00 e. The predicted molar refractivity (Wildman–Crippen MR) is 104 cm³/mol. The number of rotatable bonds is 4. The zero-order valence-corrected chi connectivity index (χ0v) is 30.6. The van der Waals surface area contributed by atoms with Gasteiger partial charge in [-0.1, -0.05) is 30.3 Å². The van der Waals surface area contributed by atoms with Crippen molar-refractivity contribution < 1.29 is 175 Å². The molecule has 0 amide bonds. The van der Waals surface area contributed by atoms with E-state index in [2.05, 4.69) is 0 Å². The molecule has 0 aliphatic rings. The molecule has 0 saturated carbocycles. The first-order valence-corrected chi connectivity index (χ1v) is 13.8. The molecule has 0 spiro atoms. The van der Waals surface area contributed by atoms with Gasteiger partial charge in [0.05, 0.1) is 14.7 Å². The normalized spacial score (nSPS) is 12.4. The van der Waals surface area contributed by atoms with E-state index in [1.165, 1.54) is 12.1 Å². The van der Waals surface area contributed by atoms with Crippen molar-refractivity contribution in [3.05, 3.63) is 30.3 Å². The zero-order chi connectivity index (χ0) is 24.9. The molecule has 37 heavy (non-hydrogen) atoms. The summed E-state index contributed by atoms with van der Waals surface area (Å²) >= 11 is 0. The zero-order valence-electron chi connectivity index (χ0n) is 19.4. The van der Waals surface area contributed by atoms with Gasteiger partial charge in [-0.2, -0.15) is 0 Å². The molecule has 4 rings (SSSR count). The first kappa shape index (κ1) is 38.4. The minimum atomic E-state index is -6.28. The van der Waals surface area contributed by atoms with Crippen molar-refractivity contribution in [3.8, 4) is 5.75 Å². The van der Waals surface area contributed by atoms with Crippen molar-refractivity contribution >= 4 is 72.8 Å². The molecule has 0 atom stereocenters. The third kappa shape index (κ3) is 6.56. The van der Waals surface area contributed by atoms with Crippen molar-refractivity contribution in [2.75, 3.05) is 0 Å². The second-order valence-electron chi connectivity index (χ2n) is 6.75. The van der Waals surface area contributed by atoms with Gasteiger partial charge in [-0.05, 0) is 5.39 Å². The summed E-state index contributed by atoms with van der Waals surface area (Å²) in [7, 11) is -24.5. The molecule has 0 bridgehead atoms. The van der Waals surface area contributed by atoms with Crippen LogP contribution in [0.1, 0.15) is 0 Å². The van der Waals surface area contributed by atoms with Crippen LogP contribution < -0.4 is 118 Å². The van der Waals surface area contributed by atoms with Crippen LogP contribution in [0.2, 0.25) is 0 Å². The standard InChI is InChI=1S/C16H10O13S4.4Na/c17-12-7-3-1-2-6-4-5-8-10(9(6)7)11(14(12)31(21,22)23)15(32(24,25)26)16(33(27,28)29)13(8)30(18,19)20;;;;/h1-5,17H,(H,18,19,20)(H,21,22,23)(H,24,25,26)(H,27,28,29);;;;/q;4*+1/p-4. The Morgan fingerprint density at radius 1 is 0.486 bits per heavy atom. The van der Waals surface area contributed by atoms with Gasteiger partial charge in [0, 0.05) is 26.9 Å². The van der Waals surface area contributed by atoms with Gasteiger partial charge in [-0.3, -0.25) is 0 Å². The molecule has 0 fully saturated rings. The Bertz CT molecular complexity index is 1970. The van der Waals surface area contributed by atoms with Crippen LogP contribution in [0.3, 0.4) is 0 Å². The first-order valence-electron chi connectivity index (χ1n) is 8.19. The quantitative estimate of drug-likeness (QED) is 0.126. The van der Waals surface area contributed by atoms with Crippen LogP contribution in [0.15, 0.2) is 49.9 Å². The van der Waals surface area contributed by atoms with Crippen molar-refractivity contribution in [3.63, 3.8) is 0 Å². The molecule has 0 aliphatic heterocycles. The number of phenolic OH excluding ortho intramolecular Hbond substituents is 1. The monoisotopic (exact) mass is 626 g/mol. The van der Waals surface area contributed by atoms with E-state index >= 15 is 0 Å². The second kappa shape index (κ2) is 12.3. The Morgan fingerprint density at radius 3 is 1.38 bits per heavy atom. The van der Waals surface area contributed by atoms with Crippen LogP contribution in [-0.2, 0) is 40.5 Å². The molecular weight excluding hydrogens is 620 g/mol. The van der Waals surface area contributed by atoms with E-state index in [1.807, 2.05) is 0 Å². The number of aromatic hydroxyl groups is 1. The van der Waals surface area contributed by atoms with E-state index in [4.69, 9.17) is 0 Å². The number of hydrogen-bond donors (Lipinski definition) is 1. The number of hydrogen-bond acceptors (Lipinski definition) is 13. The van der Waals surface area contributed by atoms with Crippen LogP contribution in [0.25, 0.3) is 32.3 Å². The molecule has 4 aromatic carbocycles. The fourth-order valence-electron chi connectivity index (χ4n) is 3.89. The van der Waals surface area contributed by atoms with Crippen molar-refractivity contribution in [2.24, 2.45) is 0 Å². The van der Waals surface area contributed by atoms with E-state index in [0.29, 0.717) is 0 Å². The molecule has 4 aromatic rings. The van der Waals surface area contributed by atoms with E-state index in [9.17, 15) is 57.0 Å². The minimum absolute atomic E-state index is 0. The van der Waals surface area contributed by atoms with E-state index in [1.54, 1.807) is 0 Å². The third-order valence-electron chi connectivity index (χ3n) is 4.88. The van der Waals surface area contributed by atoms with Gasteiger partial charge in [-0.15, -0.1) is 0 Å². The van der Waals surface area contributed by atoms with Gasteiger partial charge in [0.25, 0.3) is 0 Å². The van der Waals surface area contributed by atoms with Crippen LogP contribution in [0.4, 0.5) is 0 Å². The van der Waals surface area contributed by atoms with E-state index in [-0.39, 0.29) is 129 Å². The Morgan fingerprint density at radius 2 is 0.946 bits per heavy atom. The van der Waals surface area contributed by atoms with Crippen LogP contribution in [-0.4, -0.2) is 57.0 Å². The Labute approximate surface area is 298 Å². The maximum absolute atomic E-state index is 12.1. The first-order chi connectivity index (χ1) is 14.9. The Kier molecular flexibility index (Phi) is 12.8. The number of phenols is 1. The summed E-state index contributed by atoms with van der Waals surface area (Å²) < 4.78 is 144. The maximum atomic E-state index is 12.1. The number of benzene rings is 4. The molecule has 0 unspecified atom stereocenters. The molecular formula is C16H6Na4O13S4. The Hall–Kier alpha value is 1.36. The fraction of sp³-hybridized carbons (Fsp3) is 0. The van der Waals surface area contributed by atoms with Crippen molar-refractivity contribution in [1.82, 2.24) is 0 Å². The summed E-state index contributed by atoms with van der Waals surface area (Å²) in [6, 6.07) is 5.51. The average molecular weight is 626 g/mol. The van der Waals surface area contributed by atoms with Gasteiger partial charge < -0.3 is 23.3 Å². The van der Waals surface area contributed by atoms with Gasteiger partial charge in [-0.25, -0.2) is 33.7 Å². The molecule has 0 aliphatic carbocycles. The molecule has 0 heterocycles. The van der Waals surface area contributed by atoms with Gasteiger partial charge in [0.1, 0.15) is 51.1 Å². The summed E-state index contributed by atoms with van der Waals surface area (Å²) in [5.74, 6) is -1.38. The third-order valence-corrected chi connectivity index (χ3v) is 8.77. The average Bonchev–Trinajstić information content (AvgIpc) is 2.62. The minimum Gasteiger partial charge on any atom is -0.744 e. The predicted octanol–water partition coefficient (Wildman–Crippen LogP) is -12.1. The molecule has 0 saturated heterocycles. The molecule has 0 aromatic heterocycles. The molecule has 0 radical (unpaired) electrons. The smallest absolute Gasteiger partial charge is 0.744 e. The van der Waals surface area contributed by atoms with Crippen LogP contribution in [0.5, 0.6) is 5.75 Å². The van der Waals surface area contributed by atoms with Gasteiger partial charge in [0.15, 0.2) is 0 Å². The summed E-state index contributed by atoms with van der Waals surface area (Å²) in [6.07, 6.45) is 0. The summed E-state index contributed by atoms with van der Waals surface area (Å²) in [4.78, 5) is -8.29. The van der Waals surface area contributed by atoms with Gasteiger partial charge >= 0.3 is 118 Å². The summed E-state index contributed by atoms with van der Waals surface area (Å²) in [5, 5.41) is 6.60. The molecule has 21 heteroatoms. The van der Waals surface area contributed by atoms with Crippen LogP contribution >= 0.6 is 0 Å². The second-order valence-corrected chi connectivity index (χ2v) is 12.0. The SMILES string of the molecule is O=S(=O)([O-])c1c(S(=O)(=O)[O-])c2ccc3cccc4c(O)c(S(=O)(=O)[O-])c(c1S(=O)(=O)[O-])c2c34.[Na+].[Na+].[Na+].[Na+]. The molecule has 13 nitrogen and oxygen atoms in total.